The molecule has 0 spiro atoms. The molecule has 2 amide bonds. The minimum atomic E-state index is -3.54. The standard InChI is InChI=1S/C20H25N3O5S/c1-23(2)29(26,27)18-10-6-16(7-11-18)20(25)22-17-8-4-15(5-9-17)14-19(24)21-12-13-28-3/h4-11H,12-14H2,1-3H3,(H,21,24)(H,22,25). The van der Waals surface area contributed by atoms with Crippen LogP contribution in [0, 0.1) is 0 Å². The molecule has 0 heterocycles. The summed E-state index contributed by atoms with van der Waals surface area (Å²) in [5.74, 6) is -0.463. The van der Waals surface area contributed by atoms with Crippen molar-refractivity contribution in [1.82, 2.24) is 9.62 Å². The largest absolute Gasteiger partial charge is 0.383 e. The molecule has 0 unspecified atom stereocenters. The highest BCUT2D eigenvalue weighted by Gasteiger charge is 2.17. The molecule has 0 saturated carbocycles. The first-order valence-corrected chi connectivity index (χ1v) is 10.4. The number of hydrogen-bond acceptors (Lipinski definition) is 5. The molecule has 0 aliphatic carbocycles. The molecule has 0 bridgehead atoms. The molecule has 0 aliphatic rings. The molecule has 2 N–H and O–H groups in total. The van der Waals surface area contributed by atoms with Gasteiger partial charge in [0.1, 0.15) is 0 Å². The third-order valence-corrected chi connectivity index (χ3v) is 5.93. The fourth-order valence-corrected chi connectivity index (χ4v) is 3.34. The lowest BCUT2D eigenvalue weighted by atomic mass is 10.1. The van der Waals surface area contributed by atoms with Gasteiger partial charge in [0.05, 0.1) is 17.9 Å². The Morgan fingerprint density at radius 3 is 2.17 bits per heavy atom. The predicted molar refractivity (Wildman–Crippen MR) is 110 cm³/mol. The molecule has 9 heteroatoms. The van der Waals surface area contributed by atoms with E-state index in [-0.39, 0.29) is 23.1 Å². The fourth-order valence-electron chi connectivity index (χ4n) is 2.44. The minimum Gasteiger partial charge on any atom is -0.383 e. The number of rotatable bonds is 9. The Morgan fingerprint density at radius 2 is 1.62 bits per heavy atom. The van der Waals surface area contributed by atoms with Gasteiger partial charge in [0.25, 0.3) is 5.91 Å². The number of benzene rings is 2. The van der Waals surface area contributed by atoms with Crippen LogP contribution >= 0.6 is 0 Å². The van der Waals surface area contributed by atoms with Crippen molar-refractivity contribution in [2.75, 3.05) is 39.7 Å². The Hall–Kier alpha value is -2.75. The summed E-state index contributed by atoms with van der Waals surface area (Å²) in [5, 5.41) is 5.49. The van der Waals surface area contributed by atoms with Crippen LogP contribution in [0.15, 0.2) is 53.4 Å². The Kier molecular flexibility index (Phi) is 7.89. The van der Waals surface area contributed by atoms with E-state index in [1.807, 2.05) is 0 Å². The van der Waals surface area contributed by atoms with Crippen LogP contribution in [0.2, 0.25) is 0 Å². The molecule has 0 radical (unpaired) electrons. The van der Waals surface area contributed by atoms with E-state index in [1.54, 1.807) is 31.4 Å². The van der Waals surface area contributed by atoms with Crippen molar-refractivity contribution in [3.8, 4) is 0 Å². The van der Waals surface area contributed by atoms with E-state index in [4.69, 9.17) is 4.74 Å². The summed E-state index contributed by atoms with van der Waals surface area (Å²) in [6.07, 6.45) is 0.236. The van der Waals surface area contributed by atoms with E-state index in [2.05, 4.69) is 10.6 Å². The van der Waals surface area contributed by atoms with Crippen LogP contribution in [0.25, 0.3) is 0 Å². The summed E-state index contributed by atoms with van der Waals surface area (Å²) in [6.45, 7) is 0.914. The second-order valence-electron chi connectivity index (χ2n) is 6.48. The number of amides is 2. The third-order valence-electron chi connectivity index (χ3n) is 4.10. The van der Waals surface area contributed by atoms with Crippen LogP contribution in [0.1, 0.15) is 15.9 Å². The van der Waals surface area contributed by atoms with Gasteiger partial charge in [-0.15, -0.1) is 0 Å². The lowest BCUT2D eigenvalue weighted by Gasteiger charge is -2.12. The number of nitrogens with one attached hydrogen (secondary N) is 2. The monoisotopic (exact) mass is 419 g/mol. The maximum atomic E-state index is 12.4. The molecule has 0 saturated heterocycles. The quantitative estimate of drug-likeness (QED) is 0.599. The van der Waals surface area contributed by atoms with Crippen molar-refractivity contribution >= 4 is 27.5 Å². The second-order valence-corrected chi connectivity index (χ2v) is 8.63. The molecule has 2 aromatic carbocycles. The molecule has 0 fully saturated rings. The number of methoxy groups -OCH3 is 1. The van der Waals surface area contributed by atoms with Crippen LogP contribution in [0.3, 0.4) is 0 Å². The van der Waals surface area contributed by atoms with E-state index >= 15 is 0 Å². The van der Waals surface area contributed by atoms with Gasteiger partial charge < -0.3 is 15.4 Å². The molecule has 156 valence electrons. The van der Waals surface area contributed by atoms with Gasteiger partial charge >= 0.3 is 0 Å². The Bertz CT molecular complexity index is 939. The fraction of sp³-hybridized carbons (Fsp3) is 0.300. The average molecular weight is 420 g/mol. The molecule has 2 aromatic rings. The van der Waals surface area contributed by atoms with Gasteiger partial charge in [0.15, 0.2) is 0 Å². The van der Waals surface area contributed by atoms with Gasteiger partial charge in [-0.1, -0.05) is 12.1 Å². The second kappa shape index (κ2) is 10.1. The van der Waals surface area contributed by atoms with Crippen LogP contribution in [-0.2, 0) is 26.0 Å². The maximum Gasteiger partial charge on any atom is 0.255 e. The molecular formula is C20H25N3O5S. The highest BCUT2D eigenvalue weighted by molar-refractivity contribution is 7.89. The van der Waals surface area contributed by atoms with Gasteiger partial charge in [0.2, 0.25) is 15.9 Å². The number of ether oxygens (including phenoxy) is 1. The van der Waals surface area contributed by atoms with Gasteiger partial charge in [-0.05, 0) is 42.0 Å². The number of nitrogens with zero attached hydrogens (tertiary/aromatic N) is 1. The summed E-state index contributed by atoms with van der Waals surface area (Å²) in [7, 11) is 0.925. The first kappa shape index (κ1) is 22.5. The lowest BCUT2D eigenvalue weighted by Crippen LogP contribution is -2.28. The number of sulfonamides is 1. The average Bonchev–Trinajstić information content (AvgIpc) is 2.69. The van der Waals surface area contributed by atoms with Crippen molar-refractivity contribution in [1.29, 1.82) is 0 Å². The van der Waals surface area contributed by atoms with E-state index in [9.17, 15) is 18.0 Å². The topological polar surface area (TPSA) is 105 Å². The van der Waals surface area contributed by atoms with Gasteiger partial charge in [0, 0.05) is 39.0 Å². The van der Waals surface area contributed by atoms with Crippen molar-refractivity contribution < 1.29 is 22.7 Å². The first-order chi connectivity index (χ1) is 13.7. The molecule has 29 heavy (non-hydrogen) atoms. The van der Waals surface area contributed by atoms with Crippen molar-refractivity contribution in [2.45, 2.75) is 11.3 Å². The molecule has 0 atom stereocenters. The highest BCUT2D eigenvalue weighted by Crippen LogP contribution is 2.16. The maximum absolute atomic E-state index is 12.4. The Balaban J connectivity index is 1.96. The summed E-state index contributed by atoms with van der Waals surface area (Å²) < 4.78 is 30.1. The summed E-state index contributed by atoms with van der Waals surface area (Å²) >= 11 is 0. The molecule has 8 nitrogen and oxygen atoms in total. The minimum absolute atomic E-state index is 0.105. The summed E-state index contributed by atoms with van der Waals surface area (Å²) in [5.41, 5.74) is 1.73. The molecular weight excluding hydrogens is 394 g/mol. The zero-order valence-corrected chi connectivity index (χ0v) is 17.5. The SMILES string of the molecule is COCCNC(=O)Cc1ccc(NC(=O)c2ccc(S(=O)(=O)N(C)C)cc2)cc1. The van der Waals surface area contributed by atoms with Gasteiger partial charge in [-0.3, -0.25) is 9.59 Å². The number of anilines is 1. The third kappa shape index (κ3) is 6.38. The van der Waals surface area contributed by atoms with Crippen molar-refractivity contribution in [2.24, 2.45) is 0 Å². The Labute approximate surface area is 170 Å². The van der Waals surface area contributed by atoms with Crippen LogP contribution in [0.4, 0.5) is 5.69 Å². The summed E-state index contributed by atoms with van der Waals surface area (Å²) in [4.78, 5) is 24.3. The number of hydrogen-bond donors (Lipinski definition) is 2. The van der Waals surface area contributed by atoms with Crippen LogP contribution in [0.5, 0.6) is 0 Å². The van der Waals surface area contributed by atoms with Crippen molar-refractivity contribution in [3.63, 3.8) is 0 Å². The number of carbonyl (C=O) groups excluding carboxylic acids is 2. The van der Waals surface area contributed by atoms with E-state index < -0.39 is 10.0 Å². The van der Waals surface area contributed by atoms with Gasteiger partial charge in [-0.25, -0.2) is 12.7 Å². The van der Waals surface area contributed by atoms with Crippen LogP contribution in [-0.4, -0.2) is 58.9 Å². The lowest BCUT2D eigenvalue weighted by molar-refractivity contribution is -0.120. The number of carbonyl (C=O) groups is 2. The predicted octanol–water partition coefficient (Wildman–Crippen LogP) is 1.49. The van der Waals surface area contributed by atoms with E-state index in [0.29, 0.717) is 24.4 Å². The zero-order chi connectivity index (χ0) is 21.4. The zero-order valence-electron chi connectivity index (χ0n) is 16.6. The normalized spacial score (nSPS) is 11.3. The summed E-state index contributed by atoms with van der Waals surface area (Å²) in [6, 6.07) is 12.7. The first-order valence-electron chi connectivity index (χ1n) is 8.92. The van der Waals surface area contributed by atoms with E-state index in [0.717, 1.165) is 9.87 Å². The van der Waals surface area contributed by atoms with Crippen LogP contribution < -0.4 is 10.6 Å². The van der Waals surface area contributed by atoms with Gasteiger partial charge in [-0.2, -0.15) is 0 Å². The molecule has 2 rings (SSSR count). The highest BCUT2D eigenvalue weighted by atomic mass is 32.2. The molecule has 0 aliphatic heterocycles. The Morgan fingerprint density at radius 1 is 1.00 bits per heavy atom. The van der Waals surface area contributed by atoms with Crippen molar-refractivity contribution in [3.05, 3.63) is 59.7 Å². The van der Waals surface area contributed by atoms with E-state index in [1.165, 1.54) is 38.4 Å². The smallest absolute Gasteiger partial charge is 0.255 e. The molecule has 0 aromatic heterocycles.